The number of carboxylic acids is 1. The molecule has 8 heteroatoms. The summed E-state index contributed by atoms with van der Waals surface area (Å²) in [6, 6.07) is 5.05. The van der Waals surface area contributed by atoms with Crippen LogP contribution in [0.4, 0.5) is 0 Å². The van der Waals surface area contributed by atoms with Gasteiger partial charge in [-0.3, -0.25) is 14.5 Å². The first-order chi connectivity index (χ1) is 11.8. The van der Waals surface area contributed by atoms with Crippen molar-refractivity contribution in [1.82, 2.24) is 10.2 Å². The van der Waals surface area contributed by atoms with Gasteiger partial charge in [0.15, 0.2) is 6.10 Å². The first-order valence-electron chi connectivity index (χ1n) is 8.18. The second kappa shape index (κ2) is 8.74. The third-order valence-electron chi connectivity index (χ3n) is 4.29. The maximum atomic E-state index is 12.2. The molecule has 1 fully saturated rings. The summed E-state index contributed by atoms with van der Waals surface area (Å²) >= 11 is 11.9. The molecule has 2 rings (SSSR count). The highest BCUT2D eigenvalue weighted by Crippen LogP contribution is 2.29. The number of rotatable bonds is 8. The highest BCUT2D eigenvalue weighted by molar-refractivity contribution is 6.35. The smallest absolute Gasteiger partial charge is 0.317 e. The van der Waals surface area contributed by atoms with E-state index >= 15 is 0 Å². The van der Waals surface area contributed by atoms with Gasteiger partial charge in [-0.15, -0.1) is 0 Å². The first-order valence-corrected chi connectivity index (χ1v) is 8.93. The Morgan fingerprint density at radius 2 is 2.08 bits per heavy atom. The van der Waals surface area contributed by atoms with E-state index in [4.69, 9.17) is 33.0 Å². The van der Waals surface area contributed by atoms with Crippen molar-refractivity contribution in [2.24, 2.45) is 0 Å². The van der Waals surface area contributed by atoms with Crippen LogP contribution in [0, 0.1) is 0 Å². The molecular weight excluding hydrogens is 367 g/mol. The molecule has 25 heavy (non-hydrogen) atoms. The van der Waals surface area contributed by atoms with Crippen LogP contribution in [0.5, 0.6) is 5.75 Å². The van der Waals surface area contributed by atoms with Crippen molar-refractivity contribution in [3.8, 4) is 5.75 Å². The summed E-state index contributed by atoms with van der Waals surface area (Å²) in [5, 5.41) is 12.7. The van der Waals surface area contributed by atoms with Crippen molar-refractivity contribution in [2.45, 2.75) is 44.9 Å². The van der Waals surface area contributed by atoms with Gasteiger partial charge in [0.05, 0.1) is 11.6 Å². The summed E-state index contributed by atoms with van der Waals surface area (Å²) in [5.41, 5.74) is 0. The quantitative estimate of drug-likeness (QED) is 0.715. The maximum Gasteiger partial charge on any atom is 0.317 e. The van der Waals surface area contributed by atoms with Gasteiger partial charge in [-0.2, -0.15) is 0 Å². The lowest BCUT2D eigenvalue weighted by molar-refractivity contribution is -0.140. The van der Waals surface area contributed by atoms with E-state index in [1.807, 2.05) is 11.8 Å². The summed E-state index contributed by atoms with van der Waals surface area (Å²) in [6.45, 7) is 4.28. The van der Waals surface area contributed by atoms with Crippen LogP contribution >= 0.6 is 23.2 Å². The Hall–Kier alpha value is -1.50. The molecule has 1 aromatic carbocycles. The van der Waals surface area contributed by atoms with Gasteiger partial charge >= 0.3 is 5.97 Å². The number of carbonyl (C=O) groups is 2. The summed E-state index contributed by atoms with van der Waals surface area (Å²) in [7, 11) is 0. The Kier molecular flexibility index (Phi) is 6.93. The van der Waals surface area contributed by atoms with Crippen LogP contribution < -0.4 is 10.1 Å². The van der Waals surface area contributed by atoms with Crippen molar-refractivity contribution in [3.63, 3.8) is 0 Å². The number of carbonyl (C=O) groups excluding carboxylic acids is 1. The molecule has 2 N–H and O–H groups in total. The Morgan fingerprint density at radius 3 is 2.64 bits per heavy atom. The zero-order chi connectivity index (χ0) is 18.6. The van der Waals surface area contributed by atoms with Crippen LogP contribution in [0.2, 0.25) is 10.0 Å². The van der Waals surface area contributed by atoms with E-state index in [0.717, 1.165) is 12.8 Å². The monoisotopic (exact) mass is 388 g/mol. The van der Waals surface area contributed by atoms with Gasteiger partial charge in [0.25, 0.3) is 5.91 Å². The number of amides is 1. The lowest BCUT2D eigenvalue weighted by Crippen LogP contribution is -2.56. The molecule has 0 radical (unpaired) electrons. The van der Waals surface area contributed by atoms with Crippen molar-refractivity contribution in [3.05, 3.63) is 28.2 Å². The number of nitrogens with zero attached hydrogens (tertiary/aromatic N) is 1. The fraction of sp³-hybridized carbons (Fsp3) is 0.529. The zero-order valence-electron chi connectivity index (χ0n) is 14.2. The van der Waals surface area contributed by atoms with Gasteiger partial charge in [-0.1, -0.05) is 30.1 Å². The Balaban J connectivity index is 1.80. The molecule has 0 aromatic heterocycles. The molecule has 0 heterocycles. The minimum absolute atomic E-state index is 0.0242. The highest BCUT2D eigenvalue weighted by Gasteiger charge is 2.35. The van der Waals surface area contributed by atoms with Crippen LogP contribution in [-0.4, -0.2) is 53.2 Å². The van der Waals surface area contributed by atoms with Crippen molar-refractivity contribution < 1.29 is 19.4 Å². The molecule has 0 aliphatic heterocycles. The van der Waals surface area contributed by atoms with E-state index in [9.17, 15) is 9.59 Å². The largest absolute Gasteiger partial charge is 0.480 e. The van der Waals surface area contributed by atoms with Gasteiger partial charge in [0.2, 0.25) is 0 Å². The standard InChI is InChI=1S/C17H22Cl2N2O4/c1-3-21(9-16(22)23)13-7-12(8-13)20-17(24)10(2)25-15-5-4-11(18)6-14(15)19/h4-6,10,12-13H,3,7-9H2,1-2H3,(H,20,24)(H,22,23). The van der Waals surface area contributed by atoms with E-state index in [1.54, 1.807) is 25.1 Å². The van der Waals surface area contributed by atoms with Crippen LogP contribution in [0.1, 0.15) is 26.7 Å². The number of hydrogen-bond acceptors (Lipinski definition) is 4. The first kappa shape index (κ1) is 19.8. The van der Waals surface area contributed by atoms with Gasteiger partial charge in [0, 0.05) is 17.1 Å². The predicted octanol–water partition coefficient (Wildman–Crippen LogP) is 2.81. The number of hydrogen-bond donors (Lipinski definition) is 2. The molecule has 6 nitrogen and oxygen atoms in total. The van der Waals surface area contributed by atoms with E-state index in [-0.39, 0.29) is 24.5 Å². The molecule has 0 saturated heterocycles. The Labute approximate surface area is 157 Å². The number of nitrogens with one attached hydrogen (secondary N) is 1. The summed E-state index contributed by atoms with van der Waals surface area (Å²) in [5.74, 6) is -0.661. The SMILES string of the molecule is CCN(CC(=O)O)C1CC(NC(=O)C(C)Oc2ccc(Cl)cc2Cl)C1. The van der Waals surface area contributed by atoms with Crippen LogP contribution in [0.15, 0.2) is 18.2 Å². The molecule has 1 unspecified atom stereocenters. The molecular formula is C17H22Cl2N2O4. The fourth-order valence-corrected chi connectivity index (χ4v) is 3.26. The van der Waals surface area contributed by atoms with Crippen LogP contribution in [-0.2, 0) is 9.59 Å². The fourth-order valence-electron chi connectivity index (χ4n) is 2.81. The number of ether oxygens (including phenoxy) is 1. The third-order valence-corrected chi connectivity index (χ3v) is 4.82. The van der Waals surface area contributed by atoms with E-state index in [2.05, 4.69) is 5.32 Å². The highest BCUT2D eigenvalue weighted by atomic mass is 35.5. The Morgan fingerprint density at radius 1 is 1.40 bits per heavy atom. The molecule has 1 aliphatic rings. The van der Waals surface area contributed by atoms with Crippen molar-refractivity contribution in [1.29, 1.82) is 0 Å². The second-order valence-corrected chi connectivity index (χ2v) is 6.97. The normalized spacial score (nSPS) is 20.7. The average Bonchev–Trinajstić information content (AvgIpc) is 2.50. The summed E-state index contributed by atoms with van der Waals surface area (Å²) in [6.07, 6.45) is 0.779. The van der Waals surface area contributed by atoms with Crippen LogP contribution in [0.3, 0.4) is 0 Å². The second-order valence-electron chi connectivity index (χ2n) is 6.12. The molecule has 1 atom stereocenters. The maximum absolute atomic E-state index is 12.2. The topological polar surface area (TPSA) is 78.9 Å². The van der Waals surface area contributed by atoms with Gasteiger partial charge in [-0.05, 0) is 44.5 Å². The minimum atomic E-state index is -0.837. The number of likely N-dealkylation sites (N-methyl/N-ethyl adjacent to an activating group) is 1. The Bertz CT molecular complexity index is 635. The number of benzene rings is 1. The van der Waals surface area contributed by atoms with Gasteiger partial charge in [0.1, 0.15) is 5.75 Å². The van der Waals surface area contributed by atoms with E-state index in [0.29, 0.717) is 22.3 Å². The average molecular weight is 389 g/mol. The summed E-state index contributed by atoms with van der Waals surface area (Å²) in [4.78, 5) is 25.0. The van der Waals surface area contributed by atoms with Gasteiger partial charge < -0.3 is 15.2 Å². The lowest BCUT2D eigenvalue weighted by atomic mass is 9.85. The molecule has 0 spiro atoms. The molecule has 1 saturated carbocycles. The minimum Gasteiger partial charge on any atom is -0.480 e. The van der Waals surface area contributed by atoms with Crippen molar-refractivity contribution >= 4 is 35.1 Å². The predicted molar refractivity (Wildman–Crippen MR) is 96.4 cm³/mol. The van der Waals surface area contributed by atoms with Crippen molar-refractivity contribution in [2.75, 3.05) is 13.1 Å². The molecule has 1 aromatic rings. The summed E-state index contributed by atoms with van der Waals surface area (Å²) < 4.78 is 5.59. The number of halogens is 2. The molecule has 1 amide bonds. The molecule has 138 valence electrons. The lowest BCUT2D eigenvalue weighted by Gasteiger charge is -2.42. The molecule has 0 bridgehead atoms. The van der Waals surface area contributed by atoms with E-state index in [1.165, 1.54) is 0 Å². The third kappa shape index (κ3) is 5.49. The van der Waals surface area contributed by atoms with Gasteiger partial charge in [-0.25, -0.2) is 0 Å². The number of carboxylic acid groups (broad SMARTS) is 1. The van der Waals surface area contributed by atoms with E-state index < -0.39 is 12.1 Å². The molecule has 1 aliphatic carbocycles. The number of aliphatic carboxylic acids is 1. The van der Waals surface area contributed by atoms with Crippen LogP contribution in [0.25, 0.3) is 0 Å². The zero-order valence-corrected chi connectivity index (χ0v) is 15.7.